The Labute approximate surface area is 133 Å². The van der Waals surface area contributed by atoms with E-state index in [-0.39, 0.29) is 12.5 Å². The lowest BCUT2D eigenvalue weighted by atomic mass is 9.88. The molecule has 0 aliphatic heterocycles. The first-order valence-corrected chi connectivity index (χ1v) is 7.49. The minimum atomic E-state index is 0.0505. The fourth-order valence-corrected chi connectivity index (χ4v) is 3.13. The maximum atomic E-state index is 9.41. The maximum Gasteiger partial charge on any atom is 0.101 e. The fourth-order valence-electron chi connectivity index (χ4n) is 2.84. The number of aliphatic hydroxyl groups excluding tert-OH is 1. The third-order valence-electron chi connectivity index (χ3n) is 3.91. The molecule has 1 aromatic heterocycles. The van der Waals surface area contributed by atoms with Crippen molar-refractivity contribution in [1.82, 2.24) is 4.98 Å². The number of hydrogen-bond acceptors (Lipinski definition) is 2. The summed E-state index contributed by atoms with van der Waals surface area (Å²) in [7, 11) is 0. The summed E-state index contributed by atoms with van der Waals surface area (Å²) in [6.07, 6.45) is 2.28. The molecule has 4 heteroatoms. The second-order valence-electron chi connectivity index (χ2n) is 5.21. The maximum absolute atomic E-state index is 9.41. The van der Waals surface area contributed by atoms with Gasteiger partial charge in [-0.1, -0.05) is 41.9 Å². The van der Waals surface area contributed by atoms with Crippen LogP contribution >= 0.6 is 11.6 Å². The van der Waals surface area contributed by atoms with Crippen molar-refractivity contribution in [2.45, 2.75) is 12.3 Å². The van der Waals surface area contributed by atoms with Gasteiger partial charge < -0.3 is 10.1 Å². The summed E-state index contributed by atoms with van der Waals surface area (Å²) in [6, 6.07) is 16.1. The van der Waals surface area contributed by atoms with E-state index in [4.69, 9.17) is 11.6 Å². The van der Waals surface area contributed by atoms with Gasteiger partial charge in [0.05, 0.1) is 16.1 Å². The molecule has 2 aromatic carbocycles. The predicted molar refractivity (Wildman–Crippen MR) is 88.0 cm³/mol. The van der Waals surface area contributed by atoms with Crippen LogP contribution in [0.2, 0.25) is 5.02 Å². The number of aromatic amines is 1. The highest BCUT2D eigenvalue weighted by Crippen LogP contribution is 2.34. The molecule has 2 N–H and O–H groups in total. The van der Waals surface area contributed by atoms with Crippen molar-refractivity contribution in [3.05, 3.63) is 70.4 Å². The van der Waals surface area contributed by atoms with E-state index in [1.165, 1.54) is 0 Å². The van der Waals surface area contributed by atoms with Crippen molar-refractivity contribution in [2.75, 3.05) is 6.61 Å². The Balaban J connectivity index is 2.16. The van der Waals surface area contributed by atoms with Crippen molar-refractivity contribution >= 4 is 22.5 Å². The highest BCUT2D eigenvalue weighted by atomic mass is 35.5. The lowest BCUT2D eigenvalue weighted by molar-refractivity contribution is 0.281. The number of aromatic nitrogens is 1. The first kappa shape index (κ1) is 14.6. The summed E-state index contributed by atoms with van der Waals surface area (Å²) < 4.78 is 0. The standard InChI is InChI=1S/C18H15ClN2O/c19-17-9-13(8-16-14(10-20)11-21-18(16)17)15(6-7-22)12-4-2-1-3-5-12/h1-5,8-9,11,15,21-22H,6-7H2. The van der Waals surface area contributed by atoms with Gasteiger partial charge in [-0.2, -0.15) is 5.26 Å². The number of nitrogens with one attached hydrogen (secondary N) is 1. The molecule has 0 bridgehead atoms. The molecular weight excluding hydrogens is 296 g/mol. The van der Waals surface area contributed by atoms with Crippen LogP contribution in [0.15, 0.2) is 48.7 Å². The summed E-state index contributed by atoms with van der Waals surface area (Å²) in [5.41, 5.74) is 3.49. The Hall–Kier alpha value is -2.28. The van der Waals surface area contributed by atoms with Crippen LogP contribution in [-0.4, -0.2) is 16.7 Å². The minimum absolute atomic E-state index is 0.0505. The summed E-state index contributed by atoms with van der Waals surface area (Å²) >= 11 is 6.36. The van der Waals surface area contributed by atoms with E-state index in [0.717, 1.165) is 22.0 Å². The molecule has 3 nitrogen and oxygen atoms in total. The number of halogens is 1. The fraction of sp³-hybridized carbons (Fsp3) is 0.167. The van der Waals surface area contributed by atoms with Crippen LogP contribution in [0.4, 0.5) is 0 Å². The predicted octanol–water partition coefficient (Wildman–Crippen LogP) is 4.21. The van der Waals surface area contributed by atoms with Gasteiger partial charge in [0.1, 0.15) is 6.07 Å². The highest BCUT2D eigenvalue weighted by molar-refractivity contribution is 6.35. The molecular formula is C18H15ClN2O. The molecule has 110 valence electrons. The number of benzene rings is 2. The van der Waals surface area contributed by atoms with E-state index < -0.39 is 0 Å². The Morgan fingerprint density at radius 2 is 1.95 bits per heavy atom. The molecule has 0 aliphatic rings. The molecule has 3 rings (SSSR count). The van der Waals surface area contributed by atoms with Gasteiger partial charge in [0.2, 0.25) is 0 Å². The molecule has 1 heterocycles. The van der Waals surface area contributed by atoms with E-state index in [9.17, 15) is 10.4 Å². The van der Waals surface area contributed by atoms with Crippen molar-refractivity contribution in [1.29, 1.82) is 5.26 Å². The van der Waals surface area contributed by atoms with Crippen LogP contribution in [0.5, 0.6) is 0 Å². The van der Waals surface area contributed by atoms with E-state index in [2.05, 4.69) is 11.1 Å². The number of aliphatic hydroxyl groups is 1. The summed E-state index contributed by atoms with van der Waals surface area (Å²) in [5, 5.41) is 20.0. The summed E-state index contributed by atoms with van der Waals surface area (Å²) in [5.74, 6) is 0.0505. The largest absolute Gasteiger partial charge is 0.396 e. The van der Waals surface area contributed by atoms with Crippen molar-refractivity contribution in [3.8, 4) is 6.07 Å². The second kappa shape index (κ2) is 6.23. The minimum Gasteiger partial charge on any atom is -0.396 e. The van der Waals surface area contributed by atoms with E-state index in [1.54, 1.807) is 6.20 Å². The number of H-pyrrole nitrogens is 1. The van der Waals surface area contributed by atoms with Gasteiger partial charge in [0.25, 0.3) is 0 Å². The number of rotatable bonds is 4. The molecule has 0 radical (unpaired) electrons. The van der Waals surface area contributed by atoms with Crippen molar-refractivity contribution in [3.63, 3.8) is 0 Å². The topological polar surface area (TPSA) is 59.8 Å². The van der Waals surface area contributed by atoms with Gasteiger partial charge in [-0.3, -0.25) is 0 Å². The molecule has 0 spiro atoms. The van der Waals surface area contributed by atoms with Crippen molar-refractivity contribution in [2.24, 2.45) is 0 Å². The zero-order valence-corrected chi connectivity index (χ0v) is 12.6. The Morgan fingerprint density at radius 3 is 2.64 bits per heavy atom. The molecule has 3 aromatic rings. The van der Waals surface area contributed by atoms with Crippen LogP contribution in [0.1, 0.15) is 29.0 Å². The molecule has 0 aliphatic carbocycles. The van der Waals surface area contributed by atoms with Gasteiger partial charge in [-0.15, -0.1) is 0 Å². The molecule has 0 saturated heterocycles. The SMILES string of the molecule is N#Cc1c[nH]c2c(Cl)cc(C(CCO)c3ccccc3)cc12. The monoisotopic (exact) mass is 310 g/mol. The average Bonchev–Trinajstić information content (AvgIpc) is 2.97. The first-order chi connectivity index (χ1) is 10.7. The van der Waals surface area contributed by atoms with Gasteiger partial charge in [0.15, 0.2) is 0 Å². The van der Waals surface area contributed by atoms with Crippen LogP contribution < -0.4 is 0 Å². The second-order valence-corrected chi connectivity index (χ2v) is 5.62. The van der Waals surface area contributed by atoms with Crippen LogP contribution in [0.25, 0.3) is 10.9 Å². The van der Waals surface area contributed by atoms with Gasteiger partial charge in [-0.25, -0.2) is 0 Å². The summed E-state index contributed by atoms with van der Waals surface area (Å²) in [4.78, 5) is 3.04. The zero-order chi connectivity index (χ0) is 15.5. The van der Waals surface area contributed by atoms with Gasteiger partial charge in [0, 0.05) is 24.1 Å². The Kier molecular flexibility index (Phi) is 4.15. The third-order valence-corrected chi connectivity index (χ3v) is 4.20. The molecule has 22 heavy (non-hydrogen) atoms. The molecule has 1 atom stereocenters. The number of hydrogen-bond donors (Lipinski definition) is 2. The third kappa shape index (κ3) is 2.59. The molecule has 0 saturated carbocycles. The lowest BCUT2D eigenvalue weighted by Crippen LogP contribution is -2.04. The summed E-state index contributed by atoms with van der Waals surface area (Å²) in [6.45, 7) is 0.0907. The first-order valence-electron chi connectivity index (χ1n) is 7.11. The van der Waals surface area contributed by atoms with E-state index in [1.807, 2.05) is 42.5 Å². The number of fused-ring (bicyclic) bond motifs is 1. The Morgan fingerprint density at radius 1 is 1.18 bits per heavy atom. The van der Waals surface area contributed by atoms with Crippen LogP contribution in [0, 0.1) is 11.3 Å². The van der Waals surface area contributed by atoms with Gasteiger partial charge >= 0.3 is 0 Å². The normalized spacial score (nSPS) is 12.2. The highest BCUT2D eigenvalue weighted by Gasteiger charge is 2.17. The lowest BCUT2D eigenvalue weighted by Gasteiger charge is -2.17. The molecule has 0 amide bonds. The van der Waals surface area contributed by atoms with E-state index in [0.29, 0.717) is 17.0 Å². The quantitative estimate of drug-likeness (QED) is 0.758. The molecule has 0 fully saturated rings. The Bertz CT molecular complexity index is 833. The van der Waals surface area contributed by atoms with Gasteiger partial charge in [-0.05, 0) is 29.7 Å². The smallest absolute Gasteiger partial charge is 0.101 e. The van der Waals surface area contributed by atoms with Crippen LogP contribution in [-0.2, 0) is 0 Å². The number of nitrogens with zero attached hydrogens (tertiary/aromatic N) is 1. The zero-order valence-electron chi connectivity index (χ0n) is 11.9. The van der Waals surface area contributed by atoms with E-state index >= 15 is 0 Å². The number of nitriles is 1. The van der Waals surface area contributed by atoms with Crippen LogP contribution in [0.3, 0.4) is 0 Å². The molecule has 1 unspecified atom stereocenters. The average molecular weight is 311 g/mol. The van der Waals surface area contributed by atoms with Crippen molar-refractivity contribution < 1.29 is 5.11 Å².